The molecule has 0 saturated carbocycles. The minimum Gasteiger partial charge on any atom is -0.316 e. The first kappa shape index (κ1) is 11.2. The maximum atomic E-state index is 4.22. The van der Waals surface area contributed by atoms with Crippen LogP contribution in [-0.2, 0) is 6.42 Å². The fraction of sp³-hybridized carbons (Fsp3) is 0.462. The number of hydrogen-bond donors (Lipinski definition) is 2. The zero-order valence-electron chi connectivity index (χ0n) is 9.67. The van der Waals surface area contributed by atoms with E-state index in [2.05, 4.69) is 49.6 Å². The summed E-state index contributed by atoms with van der Waals surface area (Å²) in [7, 11) is 0. The lowest BCUT2D eigenvalue weighted by Crippen LogP contribution is -2.30. The fourth-order valence-corrected chi connectivity index (χ4v) is 2.99. The number of nitrogens with zero attached hydrogens (tertiary/aromatic N) is 1. The van der Waals surface area contributed by atoms with Crippen LogP contribution in [-0.4, -0.2) is 23.3 Å². The monoisotopic (exact) mass is 293 g/mol. The second kappa shape index (κ2) is 4.78. The number of aromatic amines is 1. The van der Waals surface area contributed by atoms with E-state index in [1.165, 1.54) is 36.8 Å². The van der Waals surface area contributed by atoms with Crippen LogP contribution in [0.3, 0.4) is 0 Å². The van der Waals surface area contributed by atoms with Crippen LogP contribution >= 0.6 is 15.9 Å². The van der Waals surface area contributed by atoms with E-state index in [0.29, 0.717) is 0 Å². The highest BCUT2D eigenvalue weighted by Crippen LogP contribution is 2.24. The first-order valence-corrected chi connectivity index (χ1v) is 6.95. The molecule has 3 rings (SSSR count). The van der Waals surface area contributed by atoms with Crippen molar-refractivity contribution in [3.8, 4) is 0 Å². The molecular formula is C13H16BrN3. The van der Waals surface area contributed by atoms with Crippen molar-refractivity contribution in [1.29, 1.82) is 0 Å². The van der Waals surface area contributed by atoms with Crippen LogP contribution in [0, 0.1) is 5.92 Å². The van der Waals surface area contributed by atoms with Gasteiger partial charge in [0.15, 0.2) is 0 Å². The minimum atomic E-state index is 0.784. The topological polar surface area (TPSA) is 40.7 Å². The Labute approximate surface area is 109 Å². The van der Waals surface area contributed by atoms with Crippen molar-refractivity contribution in [1.82, 2.24) is 15.5 Å². The van der Waals surface area contributed by atoms with Gasteiger partial charge in [-0.05, 0) is 71.9 Å². The molecule has 1 unspecified atom stereocenters. The number of rotatable bonds is 2. The highest BCUT2D eigenvalue weighted by molar-refractivity contribution is 9.10. The molecule has 4 heteroatoms. The van der Waals surface area contributed by atoms with Gasteiger partial charge in [0.05, 0.1) is 5.52 Å². The summed E-state index contributed by atoms with van der Waals surface area (Å²) in [6.45, 7) is 2.34. The average Bonchev–Trinajstić information content (AvgIpc) is 2.73. The summed E-state index contributed by atoms with van der Waals surface area (Å²) in [5.74, 6) is 0.784. The molecule has 0 spiro atoms. The molecule has 1 saturated heterocycles. The van der Waals surface area contributed by atoms with Gasteiger partial charge in [0, 0.05) is 5.39 Å². The average molecular weight is 294 g/mol. The Bertz CT molecular complexity index is 514. The molecule has 1 aromatic heterocycles. The largest absolute Gasteiger partial charge is 0.316 e. The molecule has 2 heterocycles. The highest BCUT2D eigenvalue weighted by Gasteiger charge is 2.14. The van der Waals surface area contributed by atoms with Crippen LogP contribution in [0.15, 0.2) is 22.8 Å². The quantitative estimate of drug-likeness (QED) is 0.894. The van der Waals surface area contributed by atoms with E-state index in [1.54, 1.807) is 0 Å². The summed E-state index contributed by atoms with van der Waals surface area (Å²) in [6.07, 6.45) is 3.82. The first-order valence-electron chi connectivity index (χ1n) is 6.16. The third-order valence-corrected chi connectivity index (χ3v) is 4.10. The number of halogens is 1. The highest BCUT2D eigenvalue weighted by atomic mass is 79.9. The van der Waals surface area contributed by atoms with E-state index in [9.17, 15) is 0 Å². The second-order valence-electron chi connectivity index (χ2n) is 4.81. The van der Waals surface area contributed by atoms with Crippen LogP contribution < -0.4 is 5.32 Å². The summed E-state index contributed by atoms with van der Waals surface area (Å²) >= 11 is 3.50. The molecule has 90 valence electrons. The van der Waals surface area contributed by atoms with E-state index in [-0.39, 0.29) is 0 Å². The molecule has 1 aliphatic heterocycles. The van der Waals surface area contributed by atoms with Crippen molar-refractivity contribution in [2.45, 2.75) is 19.3 Å². The molecule has 0 bridgehead atoms. The third-order valence-electron chi connectivity index (χ3n) is 3.50. The molecule has 3 nitrogen and oxygen atoms in total. The summed E-state index contributed by atoms with van der Waals surface area (Å²) < 4.78 is 0.983. The van der Waals surface area contributed by atoms with Gasteiger partial charge in [-0.2, -0.15) is 5.10 Å². The Morgan fingerprint density at radius 3 is 3.18 bits per heavy atom. The van der Waals surface area contributed by atoms with E-state index in [4.69, 9.17) is 0 Å². The predicted octanol–water partition coefficient (Wildman–Crippen LogP) is 2.87. The molecule has 0 amide bonds. The lowest BCUT2D eigenvalue weighted by molar-refractivity contribution is 0.376. The van der Waals surface area contributed by atoms with Crippen molar-refractivity contribution in [2.75, 3.05) is 13.1 Å². The van der Waals surface area contributed by atoms with Gasteiger partial charge >= 0.3 is 0 Å². The van der Waals surface area contributed by atoms with E-state index in [0.717, 1.165) is 22.6 Å². The van der Waals surface area contributed by atoms with Gasteiger partial charge in [-0.3, -0.25) is 5.10 Å². The lowest BCUT2D eigenvalue weighted by atomic mass is 9.92. The minimum absolute atomic E-state index is 0.784. The van der Waals surface area contributed by atoms with Gasteiger partial charge in [0.1, 0.15) is 4.60 Å². The molecule has 0 aliphatic carbocycles. The van der Waals surface area contributed by atoms with Crippen LogP contribution in [0.2, 0.25) is 0 Å². The number of piperidine rings is 1. The van der Waals surface area contributed by atoms with Gasteiger partial charge < -0.3 is 5.32 Å². The van der Waals surface area contributed by atoms with Crippen LogP contribution in [0.25, 0.3) is 10.9 Å². The maximum absolute atomic E-state index is 4.22. The lowest BCUT2D eigenvalue weighted by Gasteiger charge is -2.22. The number of benzene rings is 1. The molecule has 2 aromatic rings. The number of aromatic nitrogens is 2. The molecule has 17 heavy (non-hydrogen) atoms. The second-order valence-corrected chi connectivity index (χ2v) is 5.60. The third kappa shape index (κ3) is 2.38. The SMILES string of the molecule is Brc1[nH]nc2ccc(CC3CCCNC3)cc12. The number of H-pyrrole nitrogens is 1. The Balaban J connectivity index is 1.82. The zero-order chi connectivity index (χ0) is 11.7. The van der Waals surface area contributed by atoms with E-state index >= 15 is 0 Å². The summed E-state index contributed by atoms with van der Waals surface area (Å²) in [5.41, 5.74) is 2.44. The molecule has 1 aromatic carbocycles. The van der Waals surface area contributed by atoms with Crippen LogP contribution in [0.5, 0.6) is 0 Å². The van der Waals surface area contributed by atoms with Crippen molar-refractivity contribution < 1.29 is 0 Å². The Morgan fingerprint density at radius 1 is 1.41 bits per heavy atom. The summed E-state index contributed by atoms with van der Waals surface area (Å²) in [4.78, 5) is 0. The van der Waals surface area contributed by atoms with Crippen LogP contribution in [0.1, 0.15) is 18.4 Å². The predicted molar refractivity (Wildman–Crippen MR) is 73.1 cm³/mol. The fourth-order valence-electron chi connectivity index (χ4n) is 2.58. The Hall–Kier alpha value is -0.870. The van der Waals surface area contributed by atoms with E-state index in [1.807, 2.05) is 0 Å². The van der Waals surface area contributed by atoms with Gasteiger partial charge in [-0.15, -0.1) is 0 Å². The Morgan fingerprint density at radius 2 is 2.35 bits per heavy atom. The van der Waals surface area contributed by atoms with Crippen molar-refractivity contribution >= 4 is 26.8 Å². The Kier molecular flexibility index (Phi) is 3.16. The number of hydrogen-bond acceptors (Lipinski definition) is 2. The van der Waals surface area contributed by atoms with Crippen molar-refractivity contribution in [3.63, 3.8) is 0 Å². The zero-order valence-corrected chi connectivity index (χ0v) is 11.3. The molecule has 0 radical (unpaired) electrons. The van der Waals surface area contributed by atoms with E-state index < -0.39 is 0 Å². The standard InChI is InChI=1S/C13H16BrN3/c14-13-11-7-9(3-4-12(11)16-17-13)6-10-2-1-5-15-8-10/h3-4,7,10,15H,1-2,5-6,8H2,(H,16,17). The molecule has 1 aliphatic rings. The number of fused-ring (bicyclic) bond motifs is 1. The van der Waals surface area contributed by atoms with Gasteiger partial charge in [0.2, 0.25) is 0 Å². The summed E-state index contributed by atoms with van der Waals surface area (Å²) in [6, 6.07) is 6.55. The van der Waals surface area contributed by atoms with Gasteiger partial charge in [-0.25, -0.2) is 0 Å². The van der Waals surface area contributed by atoms with Crippen molar-refractivity contribution in [2.24, 2.45) is 5.92 Å². The van der Waals surface area contributed by atoms with Gasteiger partial charge in [0.25, 0.3) is 0 Å². The first-order chi connectivity index (χ1) is 8.33. The normalized spacial score (nSPS) is 20.9. The van der Waals surface area contributed by atoms with Crippen LogP contribution in [0.4, 0.5) is 0 Å². The molecule has 2 N–H and O–H groups in total. The van der Waals surface area contributed by atoms with Crippen molar-refractivity contribution in [3.05, 3.63) is 28.4 Å². The van der Waals surface area contributed by atoms with Gasteiger partial charge in [-0.1, -0.05) is 6.07 Å². The molecular weight excluding hydrogens is 278 g/mol. The molecule has 1 fully saturated rings. The number of nitrogens with one attached hydrogen (secondary N) is 2. The molecule has 1 atom stereocenters. The summed E-state index contributed by atoms with van der Waals surface area (Å²) in [5, 5.41) is 11.8. The smallest absolute Gasteiger partial charge is 0.108 e. The maximum Gasteiger partial charge on any atom is 0.108 e.